The minimum Gasteiger partial charge on any atom is -0.494 e. The Balaban J connectivity index is 1.54. The van der Waals surface area contributed by atoms with E-state index >= 15 is 0 Å². The molecule has 1 amide bonds. The number of nitrogens with zero attached hydrogens (tertiary/aromatic N) is 4. The Labute approximate surface area is 147 Å². The van der Waals surface area contributed by atoms with Crippen LogP contribution in [0, 0.1) is 0 Å². The average molecular weight is 344 g/mol. The SMILES string of the molecule is CCOc1ccc(CC(=O)N2CC[C@H](n3cc(COC)nn3)C2)cc1. The van der Waals surface area contributed by atoms with E-state index in [2.05, 4.69) is 10.3 Å². The first-order chi connectivity index (χ1) is 12.2. The highest BCUT2D eigenvalue weighted by molar-refractivity contribution is 5.79. The first-order valence-electron chi connectivity index (χ1n) is 8.58. The fraction of sp³-hybridized carbons (Fsp3) is 0.500. The van der Waals surface area contributed by atoms with Crippen LogP contribution in [-0.2, 0) is 22.6 Å². The standard InChI is InChI=1S/C18H24N4O3/c1-3-25-17-6-4-14(5-7-17)10-18(23)21-9-8-16(12-21)22-11-15(13-24-2)19-20-22/h4-7,11,16H,3,8-10,12-13H2,1-2H3/t16-/m0/s1. The van der Waals surface area contributed by atoms with E-state index in [4.69, 9.17) is 9.47 Å². The lowest BCUT2D eigenvalue weighted by Crippen LogP contribution is -2.30. The lowest BCUT2D eigenvalue weighted by Gasteiger charge is -2.16. The Hall–Kier alpha value is -2.41. The molecule has 1 aromatic heterocycles. The van der Waals surface area contributed by atoms with Crippen molar-refractivity contribution in [2.24, 2.45) is 0 Å². The minimum atomic E-state index is 0.142. The number of likely N-dealkylation sites (tertiary alicyclic amines) is 1. The predicted molar refractivity (Wildman–Crippen MR) is 92.3 cm³/mol. The average Bonchev–Trinajstić information content (AvgIpc) is 3.26. The molecule has 0 unspecified atom stereocenters. The van der Waals surface area contributed by atoms with Crippen molar-refractivity contribution >= 4 is 5.91 Å². The van der Waals surface area contributed by atoms with E-state index in [1.807, 2.05) is 47.0 Å². The highest BCUT2D eigenvalue weighted by Crippen LogP contribution is 2.22. The molecule has 134 valence electrons. The zero-order valence-corrected chi connectivity index (χ0v) is 14.7. The van der Waals surface area contributed by atoms with E-state index in [1.165, 1.54) is 0 Å². The Kier molecular flexibility index (Phi) is 5.65. The van der Waals surface area contributed by atoms with Gasteiger partial charge in [-0.15, -0.1) is 5.10 Å². The van der Waals surface area contributed by atoms with E-state index in [9.17, 15) is 4.79 Å². The zero-order chi connectivity index (χ0) is 17.6. The molecule has 7 nitrogen and oxygen atoms in total. The molecule has 0 spiro atoms. The zero-order valence-electron chi connectivity index (χ0n) is 14.7. The quantitative estimate of drug-likeness (QED) is 0.766. The van der Waals surface area contributed by atoms with Gasteiger partial charge in [0.1, 0.15) is 11.4 Å². The molecular weight excluding hydrogens is 320 g/mol. The summed E-state index contributed by atoms with van der Waals surface area (Å²) in [5.41, 5.74) is 1.81. The van der Waals surface area contributed by atoms with Gasteiger partial charge in [-0.1, -0.05) is 17.3 Å². The third-order valence-corrected chi connectivity index (χ3v) is 4.33. The summed E-state index contributed by atoms with van der Waals surface area (Å²) in [5, 5.41) is 8.24. The summed E-state index contributed by atoms with van der Waals surface area (Å²) in [7, 11) is 1.63. The molecular formula is C18H24N4O3. The second-order valence-corrected chi connectivity index (χ2v) is 6.16. The third kappa shape index (κ3) is 4.36. The highest BCUT2D eigenvalue weighted by Gasteiger charge is 2.28. The van der Waals surface area contributed by atoms with Gasteiger partial charge in [0.15, 0.2) is 0 Å². The number of carbonyl (C=O) groups is 1. The lowest BCUT2D eigenvalue weighted by atomic mass is 10.1. The number of hydrogen-bond donors (Lipinski definition) is 0. The molecule has 2 heterocycles. The number of rotatable bonds is 7. The second kappa shape index (κ2) is 8.11. The molecule has 1 atom stereocenters. The van der Waals surface area contributed by atoms with Crippen molar-refractivity contribution in [2.75, 3.05) is 26.8 Å². The van der Waals surface area contributed by atoms with Crippen LogP contribution >= 0.6 is 0 Å². The summed E-state index contributed by atoms with van der Waals surface area (Å²) < 4.78 is 12.3. The fourth-order valence-electron chi connectivity index (χ4n) is 3.05. The molecule has 0 radical (unpaired) electrons. The smallest absolute Gasteiger partial charge is 0.227 e. The molecule has 0 N–H and O–H groups in total. The maximum absolute atomic E-state index is 12.5. The molecule has 1 saturated heterocycles. The molecule has 1 aliphatic rings. The van der Waals surface area contributed by atoms with Crippen molar-refractivity contribution < 1.29 is 14.3 Å². The number of hydrogen-bond acceptors (Lipinski definition) is 5. The van der Waals surface area contributed by atoms with Gasteiger partial charge in [-0.2, -0.15) is 0 Å². The Bertz CT molecular complexity index is 699. The first-order valence-corrected chi connectivity index (χ1v) is 8.58. The van der Waals surface area contributed by atoms with Crippen molar-refractivity contribution in [1.82, 2.24) is 19.9 Å². The molecule has 1 fully saturated rings. The number of methoxy groups -OCH3 is 1. The monoisotopic (exact) mass is 344 g/mol. The molecule has 3 rings (SSSR count). The fourth-order valence-corrected chi connectivity index (χ4v) is 3.05. The van der Waals surface area contributed by atoms with Crippen LogP contribution in [0.3, 0.4) is 0 Å². The molecule has 0 saturated carbocycles. The molecule has 0 aliphatic carbocycles. The normalized spacial score (nSPS) is 17.0. The van der Waals surface area contributed by atoms with Crippen LogP contribution in [0.1, 0.15) is 30.6 Å². The molecule has 2 aromatic rings. The van der Waals surface area contributed by atoms with Crippen LogP contribution in [0.5, 0.6) is 5.75 Å². The number of amides is 1. The maximum atomic E-state index is 12.5. The van der Waals surface area contributed by atoms with E-state index in [-0.39, 0.29) is 11.9 Å². The van der Waals surface area contributed by atoms with Crippen molar-refractivity contribution in [3.63, 3.8) is 0 Å². The summed E-state index contributed by atoms with van der Waals surface area (Å²) in [6, 6.07) is 7.90. The van der Waals surface area contributed by atoms with Gasteiger partial charge in [0.2, 0.25) is 5.91 Å². The van der Waals surface area contributed by atoms with Crippen LogP contribution in [0.4, 0.5) is 0 Å². The van der Waals surface area contributed by atoms with Gasteiger partial charge in [-0.05, 0) is 31.0 Å². The first kappa shape index (κ1) is 17.4. The second-order valence-electron chi connectivity index (χ2n) is 6.16. The summed E-state index contributed by atoms with van der Waals surface area (Å²) >= 11 is 0. The Morgan fingerprint density at radius 2 is 2.12 bits per heavy atom. The summed E-state index contributed by atoms with van der Waals surface area (Å²) in [6.45, 7) is 4.47. The van der Waals surface area contributed by atoms with Crippen LogP contribution in [0.25, 0.3) is 0 Å². The van der Waals surface area contributed by atoms with E-state index in [0.29, 0.717) is 26.2 Å². The van der Waals surface area contributed by atoms with Gasteiger partial charge >= 0.3 is 0 Å². The van der Waals surface area contributed by atoms with Gasteiger partial charge < -0.3 is 14.4 Å². The van der Waals surface area contributed by atoms with E-state index in [1.54, 1.807) is 7.11 Å². The van der Waals surface area contributed by atoms with Crippen molar-refractivity contribution in [3.8, 4) is 5.75 Å². The third-order valence-electron chi connectivity index (χ3n) is 4.33. The van der Waals surface area contributed by atoms with Gasteiger partial charge in [0, 0.05) is 20.2 Å². The number of benzene rings is 1. The molecule has 1 aliphatic heterocycles. The molecule has 25 heavy (non-hydrogen) atoms. The van der Waals surface area contributed by atoms with E-state index < -0.39 is 0 Å². The van der Waals surface area contributed by atoms with Crippen LogP contribution in [-0.4, -0.2) is 52.6 Å². The Morgan fingerprint density at radius 1 is 1.32 bits per heavy atom. The van der Waals surface area contributed by atoms with Crippen molar-refractivity contribution in [1.29, 1.82) is 0 Å². The summed E-state index contributed by atoms with van der Waals surface area (Å²) in [4.78, 5) is 14.4. The van der Waals surface area contributed by atoms with Crippen LogP contribution < -0.4 is 4.74 Å². The van der Waals surface area contributed by atoms with Crippen molar-refractivity contribution in [2.45, 2.75) is 32.4 Å². The Morgan fingerprint density at radius 3 is 2.84 bits per heavy atom. The summed E-state index contributed by atoms with van der Waals surface area (Å²) in [5.74, 6) is 0.974. The minimum absolute atomic E-state index is 0.142. The van der Waals surface area contributed by atoms with Gasteiger partial charge in [0.05, 0.1) is 31.9 Å². The number of carbonyl (C=O) groups excluding carboxylic acids is 1. The molecule has 0 bridgehead atoms. The van der Waals surface area contributed by atoms with Gasteiger partial charge in [-0.25, -0.2) is 4.68 Å². The topological polar surface area (TPSA) is 69.5 Å². The van der Waals surface area contributed by atoms with E-state index in [0.717, 1.165) is 30.0 Å². The van der Waals surface area contributed by atoms with Gasteiger partial charge in [-0.3, -0.25) is 4.79 Å². The highest BCUT2D eigenvalue weighted by atomic mass is 16.5. The largest absolute Gasteiger partial charge is 0.494 e. The van der Waals surface area contributed by atoms with Crippen LogP contribution in [0.2, 0.25) is 0 Å². The summed E-state index contributed by atoms with van der Waals surface area (Å²) in [6.07, 6.45) is 3.20. The number of ether oxygens (including phenoxy) is 2. The predicted octanol–water partition coefficient (Wildman–Crippen LogP) is 1.84. The maximum Gasteiger partial charge on any atom is 0.227 e. The molecule has 1 aromatic carbocycles. The molecule has 7 heteroatoms. The lowest BCUT2D eigenvalue weighted by molar-refractivity contribution is -0.129. The van der Waals surface area contributed by atoms with Crippen molar-refractivity contribution in [3.05, 3.63) is 41.7 Å². The van der Waals surface area contributed by atoms with Crippen LogP contribution in [0.15, 0.2) is 30.5 Å². The van der Waals surface area contributed by atoms with Gasteiger partial charge in [0.25, 0.3) is 0 Å². The number of aromatic nitrogens is 3.